The molecule has 0 spiro atoms. The van der Waals surface area contributed by atoms with Crippen LogP contribution in [0.15, 0.2) is 53.0 Å². The average molecular weight is 361 g/mol. The third-order valence-electron chi connectivity index (χ3n) is 3.02. The Morgan fingerprint density at radius 3 is 2.40 bits per heavy atom. The van der Waals surface area contributed by atoms with Gasteiger partial charge in [-0.15, -0.1) is 12.4 Å². The molecule has 0 amide bonds. The molecule has 0 radical (unpaired) electrons. The van der Waals surface area contributed by atoms with Crippen molar-refractivity contribution in [1.29, 1.82) is 0 Å². The fourth-order valence-electron chi connectivity index (χ4n) is 1.96. The van der Waals surface area contributed by atoms with Crippen molar-refractivity contribution >= 4 is 28.3 Å². The maximum absolute atomic E-state index is 13.0. The van der Waals surface area contributed by atoms with Crippen LogP contribution in [-0.4, -0.2) is 11.2 Å². The number of rotatable bonds is 4. The van der Waals surface area contributed by atoms with Crippen LogP contribution >= 0.6 is 28.3 Å². The van der Waals surface area contributed by atoms with E-state index in [9.17, 15) is 9.50 Å². The Morgan fingerprint density at radius 2 is 1.80 bits per heavy atom. The van der Waals surface area contributed by atoms with E-state index in [1.54, 1.807) is 6.07 Å². The first-order valence-corrected chi connectivity index (χ1v) is 6.80. The lowest BCUT2D eigenvalue weighted by atomic mass is 9.97. The highest BCUT2D eigenvalue weighted by Gasteiger charge is 2.19. The summed E-state index contributed by atoms with van der Waals surface area (Å²) in [6.07, 6.45) is -0.254. The minimum Gasteiger partial charge on any atom is -0.391 e. The van der Waals surface area contributed by atoms with Crippen LogP contribution in [0.3, 0.4) is 0 Å². The van der Waals surface area contributed by atoms with Gasteiger partial charge in [-0.1, -0.05) is 52.3 Å². The summed E-state index contributed by atoms with van der Waals surface area (Å²) in [6, 6.07) is 13.4. The summed E-state index contributed by atoms with van der Waals surface area (Å²) in [4.78, 5) is 0. The molecule has 3 N–H and O–H groups in total. The summed E-state index contributed by atoms with van der Waals surface area (Å²) in [6.45, 7) is 0. The lowest BCUT2D eigenvalue weighted by Gasteiger charge is -2.20. The Labute approximate surface area is 132 Å². The standard InChI is InChI=1S/C15H15BrFNO.ClH/c16-13-9-11(17)6-7-12(13)15(18)14(19)8-10-4-2-1-3-5-10;/h1-7,9,14-15,19H,8,18H2;1H/t14-,15+;/m0./s1. The van der Waals surface area contributed by atoms with E-state index in [0.717, 1.165) is 5.56 Å². The van der Waals surface area contributed by atoms with Gasteiger partial charge < -0.3 is 10.8 Å². The molecule has 0 aromatic heterocycles. The lowest BCUT2D eigenvalue weighted by molar-refractivity contribution is 0.145. The molecule has 2 nitrogen and oxygen atoms in total. The predicted octanol–water partition coefficient (Wildman–Crippen LogP) is 3.61. The largest absolute Gasteiger partial charge is 0.391 e. The summed E-state index contributed by atoms with van der Waals surface area (Å²) in [5, 5.41) is 10.2. The first-order valence-electron chi connectivity index (χ1n) is 6.00. The van der Waals surface area contributed by atoms with Gasteiger partial charge in [0, 0.05) is 10.9 Å². The van der Waals surface area contributed by atoms with Crippen LogP contribution in [0.2, 0.25) is 0 Å². The average Bonchev–Trinajstić information content (AvgIpc) is 2.39. The summed E-state index contributed by atoms with van der Waals surface area (Å²) < 4.78 is 13.6. The molecular weight excluding hydrogens is 345 g/mol. The molecule has 0 saturated heterocycles. The molecule has 2 atom stereocenters. The Kier molecular flexibility index (Phi) is 6.62. The molecule has 0 aliphatic carbocycles. The number of aliphatic hydroxyl groups excluding tert-OH is 1. The maximum Gasteiger partial charge on any atom is 0.124 e. The van der Waals surface area contributed by atoms with Crippen molar-refractivity contribution in [3.05, 3.63) is 69.9 Å². The molecule has 2 aromatic rings. The minimum absolute atomic E-state index is 0. The molecule has 0 aliphatic rings. The van der Waals surface area contributed by atoms with Gasteiger partial charge in [0.05, 0.1) is 12.1 Å². The van der Waals surface area contributed by atoms with E-state index in [0.29, 0.717) is 16.5 Å². The molecule has 108 valence electrons. The topological polar surface area (TPSA) is 46.2 Å². The van der Waals surface area contributed by atoms with Gasteiger partial charge in [-0.3, -0.25) is 0 Å². The van der Waals surface area contributed by atoms with Crippen molar-refractivity contribution in [3.63, 3.8) is 0 Å². The Morgan fingerprint density at radius 1 is 1.15 bits per heavy atom. The Bertz CT molecular complexity index is 553. The van der Waals surface area contributed by atoms with Gasteiger partial charge in [-0.25, -0.2) is 4.39 Å². The van der Waals surface area contributed by atoms with Crippen LogP contribution in [0.25, 0.3) is 0 Å². The first-order chi connectivity index (χ1) is 9.08. The van der Waals surface area contributed by atoms with E-state index in [4.69, 9.17) is 5.73 Å². The van der Waals surface area contributed by atoms with E-state index in [2.05, 4.69) is 15.9 Å². The quantitative estimate of drug-likeness (QED) is 0.875. The van der Waals surface area contributed by atoms with Gasteiger partial charge in [-0.2, -0.15) is 0 Å². The SMILES string of the molecule is Cl.N[C@H](c1ccc(F)cc1Br)[C@@H](O)Cc1ccccc1. The fourth-order valence-corrected chi connectivity index (χ4v) is 2.58. The number of halogens is 3. The van der Waals surface area contributed by atoms with Crippen molar-refractivity contribution in [2.45, 2.75) is 18.6 Å². The number of nitrogens with two attached hydrogens (primary N) is 1. The normalized spacial score (nSPS) is 13.4. The second kappa shape index (κ2) is 7.74. The summed E-state index contributed by atoms with van der Waals surface area (Å²) in [5.74, 6) is -0.333. The molecule has 0 fully saturated rings. The van der Waals surface area contributed by atoms with Crippen LogP contribution in [0, 0.1) is 5.82 Å². The predicted molar refractivity (Wildman–Crippen MR) is 84.4 cm³/mol. The van der Waals surface area contributed by atoms with Gasteiger partial charge in [0.2, 0.25) is 0 Å². The van der Waals surface area contributed by atoms with Gasteiger partial charge >= 0.3 is 0 Å². The summed E-state index contributed by atoms with van der Waals surface area (Å²) in [7, 11) is 0. The third-order valence-corrected chi connectivity index (χ3v) is 3.71. The molecule has 20 heavy (non-hydrogen) atoms. The zero-order valence-corrected chi connectivity index (χ0v) is 13.1. The zero-order valence-electron chi connectivity index (χ0n) is 10.7. The number of hydrogen-bond donors (Lipinski definition) is 2. The van der Waals surface area contributed by atoms with Crippen molar-refractivity contribution < 1.29 is 9.50 Å². The van der Waals surface area contributed by atoms with Crippen LogP contribution in [0.1, 0.15) is 17.2 Å². The molecule has 0 bridgehead atoms. The number of aliphatic hydroxyl groups is 1. The Balaban J connectivity index is 0.00000200. The van der Waals surface area contributed by atoms with Gasteiger partial charge in [-0.05, 0) is 23.3 Å². The van der Waals surface area contributed by atoms with E-state index in [1.165, 1.54) is 12.1 Å². The minimum atomic E-state index is -0.718. The van der Waals surface area contributed by atoms with Crippen LogP contribution in [0.5, 0.6) is 0 Å². The Hall–Kier alpha value is -0.940. The molecule has 0 heterocycles. The highest BCUT2D eigenvalue weighted by atomic mass is 79.9. The van der Waals surface area contributed by atoms with Crippen molar-refractivity contribution in [2.75, 3.05) is 0 Å². The van der Waals surface area contributed by atoms with Crippen LogP contribution < -0.4 is 5.73 Å². The fraction of sp³-hybridized carbons (Fsp3) is 0.200. The second-order valence-electron chi connectivity index (χ2n) is 4.45. The lowest BCUT2D eigenvalue weighted by Crippen LogP contribution is -2.28. The smallest absolute Gasteiger partial charge is 0.124 e. The van der Waals surface area contributed by atoms with E-state index >= 15 is 0 Å². The van der Waals surface area contributed by atoms with E-state index in [1.807, 2.05) is 30.3 Å². The van der Waals surface area contributed by atoms with Crippen LogP contribution in [0.4, 0.5) is 4.39 Å². The van der Waals surface area contributed by atoms with Crippen molar-refractivity contribution in [3.8, 4) is 0 Å². The van der Waals surface area contributed by atoms with Gasteiger partial charge in [0.25, 0.3) is 0 Å². The third kappa shape index (κ3) is 4.28. The molecule has 0 saturated carbocycles. The molecule has 0 unspecified atom stereocenters. The molecule has 2 rings (SSSR count). The van der Waals surface area contributed by atoms with Gasteiger partial charge in [0.15, 0.2) is 0 Å². The monoisotopic (exact) mass is 359 g/mol. The van der Waals surface area contributed by atoms with Crippen molar-refractivity contribution in [2.24, 2.45) is 5.73 Å². The molecule has 2 aromatic carbocycles. The highest BCUT2D eigenvalue weighted by molar-refractivity contribution is 9.10. The zero-order chi connectivity index (χ0) is 13.8. The van der Waals surface area contributed by atoms with E-state index in [-0.39, 0.29) is 18.2 Å². The second-order valence-corrected chi connectivity index (χ2v) is 5.30. The number of hydrogen-bond acceptors (Lipinski definition) is 2. The summed E-state index contributed by atoms with van der Waals surface area (Å²) >= 11 is 3.27. The number of benzene rings is 2. The molecule has 5 heteroatoms. The molecular formula is C15H16BrClFNO. The van der Waals surface area contributed by atoms with Gasteiger partial charge in [0.1, 0.15) is 5.82 Å². The summed E-state index contributed by atoms with van der Waals surface area (Å²) in [5.41, 5.74) is 7.75. The highest BCUT2D eigenvalue weighted by Crippen LogP contribution is 2.26. The first kappa shape index (κ1) is 17.1. The maximum atomic E-state index is 13.0. The van der Waals surface area contributed by atoms with Crippen molar-refractivity contribution in [1.82, 2.24) is 0 Å². The van der Waals surface area contributed by atoms with E-state index < -0.39 is 12.1 Å². The molecule has 0 aliphatic heterocycles. The van der Waals surface area contributed by atoms with Crippen LogP contribution in [-0.2, 0) is 6.42 Å².